The summed E-state index contributed by atoms with van der Waals surface area (Å²) in [5, 5.41) is 2.82. The molecule has 1 aliphatic rings. The molecule has 7 heteroatoms. The van der Waals surface area contributed by atoms with Crippen molar-refractivity contribution in [3.63, 3.8) is 0 Å². The van der Waals surface area contributed by atoms with E-state index in [4.69, 9.17) is 5.84 Å². The highest BCUT2D eigenvalue weighted by Gasteiger charge is 2.29. The van der Waals surface area contributed by atoms with Gasteiger partial charge >= 0.3 is 0 Å². The molecule has 0 aliphatic carbocycles. The molecule has 1 aliphatic heterocycles. The van der Waals surface area contributed by atoms with Crippen LogP contribution in [-0.4, -0.2) is 42.5 Å². The molecule has 1 aromatic rings. The van der Waals surface area contributed by atoms with E-state index in [1.54, 1.807) is 0 Å². The fourth-order valence-electron chi connectivity index (χ4n) is 2.44. The van der Waals surface area contributed by atoms with Crippen molar-refractivity contribution >= 4 is 11.7 Å². The van der Waals surface area contributed by atoms with E-state index in [-0.39, 0.29) is 16.8 Å². The molecule has 1 fully saturated rings. The number of rotatable bonds is 4. The third-order valence-electron chi connectivity index (χ3n) is 4.14. The van der Waals surface area contributed by atoms with E-state index in [0.717, 1.165) is 25.9 Å². The van der Waals surface area contributed by atoms with Gasteiger partial charge in [-0.2, -0.15) is 0 Å². The van der Waals surface area contributed by atoms with Crippen molar-refractivity contribution < 1.29 is 9.18 Å². The fraction of sp³-hybridized carbons (Fsp3) is 0.571. The van der Waals surface area contributed by atoms with Gasteiger partial charge in [0.1, 0.15) is 0 Å². The number of amides is 1. The average molecular weight is 295 g/mol. The number of halogens is 1. The number of likely N-dealkylation sites (tertiary alicyclic amines) is 1. The van der Waals surface area contributed by atoms with Gasteiger partial charge in [0.2, 0.25) is 0 Å². The number of nitrogens with one attached hydrogen (secondary N) is 2. The number of aromatic nitrogens is 1. The van der Waals surface area contributed by atoms with Crippen molar-refractivity contribution in [3.8, 4) is 0 Å². The molecule has 0 bridgehead atoms. The first kappa shape index (κ1) is 15.7. The van der Waals surface area contributed by atoms with E-state index in [2.05, 4.69) is 34.6 Å². The maximum atomic E-state index is 14.0. The van der Waals surface area contributed by atoms with Crippen molar-refractivity contribution in [1.29, 1.82) is 0 Å². The smallest absolute Gasteiger partial charge is 0.254 e. The maximum Gasteiger partial charge on any atom is 0.254 e. The van der Waals surface area contributed by atoms with Gasteiger partial charge in [-0.25, -0.2) is 15.2 Å². The van der Waals surface area contributed by atoms with Crippen molar-refractivity contribution in [1.82, 2.24) is 15.2 Å². The zero-order valence-electron chi connectivity index (χ0n) is 12.4. The lowest BCUT2D eigenvalue weighted by atomic mass is 9.80. The van der Waals surface area contributed by atoms with Crippen LogP contribution in [0.3, 0.4) is 0 Å². The zero-order chi connectivity index (χ0) is 15.5. The normalized spacial score (nSPS) is 18.3. The van der Waals surface area contributed by atoms with E-state index in [0.29, 0.717) is 6.54 Å². The van der Waals surface area contributed by atoms with Crippen LogP contribution in [0.4, 0.5) is 10.2 Å². The molecule has 1 saturated heterocycles. The van der Waals surface area contributed by atoms with Crippen LogP contribution in [0.15, 0.2) is 12.3 Å². The Kier molecular flexibility index (Phi) is 4.74. The van der Waals surface area contributed by atoms with Crippen molar-refractivity contribution in [3.05, 3.63) is 23.6 Å². The average Bonchev–Trinajstić information content (AvgIpc) is 2.48. The van der Waals surface area contributed by atoms with Gasteiger partial charge in [-0.1, -0.05) is 6.92 Å². The summed E-state index contributed by atoms with van der Waals surface area (Å²) in [6.07, 6.45) is 3.38. The van der Waals surface area contributed by atoms with Gasteiger partial charge in [0, 0.05) is 12.7 Å². The standard InChI is InChI=1S/C14H22FN5O/c1-14(4-7-20(2)8-5-14)9-18-13(21)10-3-6-17-12(19-16)11(10)15/h3,6H,4-5,7-9,16H2,1-2H3,(H,17,19)(H,18,21). The molecule has 2 rings (SSSR count). The summed E-state index contributed by atoms with van der Waals surface area (Å²) >= 11 is 0. The molecule has 0 aromatic carbocycles. The van der Waals surface area contributed by atoms with Crippen molar-refractivity contribution in [2.24, 2.45) is 11.3 Å². The Balaban J connectivity index is 1.99. The molecule has 0 spiro atoms. The summed E-state index contributed by atoms with van der Waals surface area (Å²) in [5.74, 6) is 3.86. The minimum absolute atomic E-state index is 0.0468. The fourth-order valence-corrected chi connectivity index (χ4v) is 2.44. The molecule has 6 nitrogen and oxygen atoms in total. The second kappa shape index (κ2) is 6.36. The van der Waals surface area contributed by atoms with E-state index in [1.807, 2.05) is 0 Å². The molecule has 1 amide bonds. The van der Waals surface area contributed by atoms with Crippen molar-refractivity contribution in [2.45, 2.75) is 19.8 Å². The Morgan fingerprint density at radius 1 is 1.52 bits per heavy atom. The first-order chi connectivity index (χ1) is 9.95. The number of piperidine rings is 1. The Labute approximate surface area is 123 Å². The molecule has 4 N–H and O–H groups in total. The summed E-state index contributed by atoms with van der Waals surface area (Å²) < 4.78 is 14.0. The molecule has 0 saturated carbocycles. The Bertz CT molecular complexity index is 514. The van der Waals surface area contributed by atoms with Crippen LogP contribution in [0.2, 0.25) is 0 Å². The number of anilines is 1. The number of nitrogen functional groups attached to an aromatic ring is 1. The number of nitrogens with zero attached hydrogens (tertiary/aromatic N) is 2. The van der Waals surface area contributed by atoms with Crippen LogP contribution < -0.4 is 16.6 Å². The summed E-state index contributed by atoms with van der Waals surface area (Å²) in [6.45, 7) is 4.71. The van der Waals surface area contributed by atoms with Crippen LogP contribution in [0.5, 0.6) is 0 Å². The molecule has 21 heavy (non-hydrogen) atoms. The SMILES string of the molecule is CN1CCC(C)(CNC(=O)c2ccnc(NN)c2F)CC1. The summed E-state index contributed by atoms with van der Waals surface area (Å²) in [5.41, 5.74) is 2.15. The molecular weight excluding hydrogens is 273 g/mol. The number of hydrazine groups is 1. The van der Waals surface area contributed by atoms with Gasteiger partial charge in [-0.15, -0.1) is 0 Å². The highest BCUT2D eigenvalue weighted by molar-refractivity contribution is 5.95. The van der Waals surface area contributed by atoms with E-state index in [9.17, 15) is 9.18 Å². The molecule has 0 atom stereocenters. The van der Waals surface area contributed by atoms with Gasteiger partial charge in [-0.05, 0) is 44.5 Å². The van der Waals surface area contributed by atoms with Gasteiger partial charge in [0.25, 0.3) is 5.91 Å². The maximum absolute atomic E-state index is 14.0. The first-order valence-corrected chi connectivity index (χ1v) is 7.03. The zero-order valence-corrected chi connectivity index (χ0v) is 12.4. The molecule has 116 valence electrons. The number of carbonyl (C=O) groups is 1. The summed E-state index contributed by atoms with van der Waals surface area (Å²) in [4.78, 5) is 18.1. The number of carbonyl (C=O) groups excluding carboxylic acids is 1. The Morgan fingerprint density at radius 2 is 2.19 bits per heavy atom. The van der Waals surface area contributed by atoms with Gasteiger partial charge < -0.3 is 15.6 Å². The first-order valence-electron chi connectivity index (χ1n) is 7.03. The summed E-state index contributed by atoms with van der Waals surface area (Å²) in [6, 6.07) is 1.35. The summed E-state index contributed by atoms with van der Waals surface area (Å²) in [7, 11) is 2.09. The lowest BCUT2D eigenvalue weighted by Crippen LogP contribution is -2.43. The van der Waals surface area contributed by atoms with Crippen LogP contribution in [0.25, 0.3) is 0 Å². The third-order valence-corrected chi connectivity index (χ3v) is 4.14. The van der Waals surface area contributed by atoms with Crippen molar-refractivity contribution in [2.75, 3.05) is 32.1 Å². The molecular formula is C14H22FN5O. The minimum Gasteiger partial charge on any atom is -0.351 e. The van der Waals surface area contributed by atoms with Crippen LogP contribution in [-0.2, 0) is 0 Å². The second-order valence-corrected chi connectivity index (χ2v) is 5.96. The molecule has 0 unspecified atom stereocenters. The predicted molar refractivity (Wildman–Crippen MR) is 79.2 cm³/mol. The largest absolute Gasteiger partial charge is 0.351 e. The quantitative estimate of drug-likeness (QED) is 0.569. The number of hydrogen-bond acceptors (Lipinski definition) is 5. The Hall–Kier alpha value is -1.73. The monoisotopic (exact) mass is 295 g/mol. The number of nitrogens with two attached hydrogens (primary N) is 1. The lowest BCUT2D eigenvalue weighted by molar-refractivity contribution is 0.0887. The van der Waals surface area contributed by atoms with Crippen LogP contribution in [0.1, 0.15) is 30.1 Å². The van der Waals surface area contributed by atoms with Crippen LogP contribution >= 0.6 is 0 Å². The molecule has 0 radical (unpaired) electrons. The highest BCUT2D eigenvalue weighted by atomic mass is 19.1. The number of pyridine rings is 1. The van der Waals surface area contributed by atoms with E-state index >= 15 is 0 Å². The van der Waals surface area contributed by atoms with E-state index in [1.165, 1.54) is 12.3 Å². The minimum atomic E-state index is -0.731. The second-order valence-electron chi connectivity index (χ2n) is 5.96. The third kappa shape index (κ3) is 3.68. The molecule has 1 aromatic heterocycles. The van der Waals surface area contributed by atoms with E-state index < -0.39 is 11.7 Å². The van der Waals surface area contributed by atoms with Gasteiger partial charge in [0.15, 0.2) is 11.6 Å². The number of hydrogen-bond donors (Lipinski definition) is 3. The Morgan fingerprint density at radius 3 is 2.81 bits per heavy atom. The topological polar surface area (TPSA) is 83.3 Å². The molecule has 2 heterocycles. The van der Waals surface area contributed by atoms with Gasteiger partial charge in [0.05, 0.1) is 5.56 Å². The predicted octanol–water partition coefficient (Wildman–Crippen LogP) is 0.968. The highest BCUT2D eigenvalue weighted by Crippen LogP contribution is 2.29. The van der Waals surface area contributed by atoms with Crippen LogP contribution in [0, 0.1) is 11.2 Å². The lowest BCUT2D eigenvalue weighted by Gasteiger charge is -2.37. The van der Waals surface area contributed by atoms with Gasteiger partial charge in [-0.3, -0.25) is 4.79 Å².